The van der Waals surface area contributed by atoms with Crippen molar-refractivity contribution in [3.63, 3.8) is 0 Å². The number of H-pyrrole nitrogens is 1. The van der Waals surface area contributed by atoms with Crippen molar-refractivity contribution < 1.29 is 37.1 Å². The molecule has 2 heterocycles. The maximum absolute atomic E-state index is 14.2. The number of benzene rings is 3. The molecule has 1 aliphatic heterocycles. The number of piperidine rings is 1. The number of nitrogens with two attached hydrogens (primary N) is 1. The highest BCUT2D eigenvalue weighted by molar-refractivity contribution is 5.98. The third-order valence-corrected chi connectivity index (χ3v) is 11.3. The number of aromatic amines is 1. The summed E-state index contributed by atoms with van der Waals surface area (Å²) in [7, 11) is 2.08. The van der Waals surface area contributed by atoms with Crippen LogP contribution < -0.4 is 21.7 Å². The SMILES string of the molecule is Cc1cc(C(=O)NC2CCN(C)CC2)ccc1-c1ccc(C[C@H](NC(=O)[C@H]2CC[C@H](CN)CC2)C(=O)Nc2ccc(-c3nc(C(F)(F)C(F)(F)CO)n[nH]3)cc2)cc1.Cl. The molecule has 1 saturated carbocycles. The lowest BCUT2D eigenvalue weighted by atomic mass is 9.81. The normalized spacial score (nSPS) is 18.4. The number of aliphatic hydroxyl groups excluding tert-OH is 1. The lowest BCUT2D eigenvalue weighted by Crippen LogP contribution is -2.48. The average Bonchev–Trinajstić information content (AvgIpc) is 3.73. The number of hydrogen-bond acceptors (Lipinski definition) is 8. The van der Waals surface area contributed by atoms with Gasteiger partial charge in [0.15, 0.2) is 5.82 Å². The number of aromatic nitrogens is 3. The predicted octanol–water partition coefficient (Wildman–Crippen LogP) is 5.84. The minimum Gasteiger partial charge on any atom is -0.390 e. The summed E-state index contributed by atoms with van der Waals surface area (Å²) in [5.74, 6) is -12.0. The number of halogens is 5. The number of amides is 3. The van der Waals surface area contributed by atoms with Crippen LogP contribution in [-0.4, -0.2) is 94.2 Å². The Morgan fingerprint density at radius 1 is 0.932 bits per heavy atom. The molecule has 3 aromatic carbocycles. The fourth-order valence-corrected chi connectivity index (χ4v) is 7.50. The summed E-state index contributed by atoms with van der Waals surface area (Å²) in [6, 6.07) is 18.3. The summed E-state index contributed by atoms with van der Waals surface area (Å²) in [6.45, 7) is 2.34. The lowest BCUT2D eigenvalue weighted by molar-refractivity contribution is -0.236. The third-order valence-electron chi connectivity index (χ3n) is 11.3. The molecule has 0 spiro atoms. The van der Waals surface area contributed by atoms with Crippen LogP contribution in [0.3, 0.4) is 0 Å². The van der Waals surface area contributed by atoms with Crippen LogP contribution in [0, 0.1) is 18.8 Å². The summed E-state index contributed by atoms with van der Waals surface area (Å²) in [5.41, 5.74) is 10.6. The number of hydrogen-bond donors (Lipinski definition) is 6. The van der Waals surface area contributed by atoms with Crippen LogP contribution in [0.25, 0.3) is 22.5 Å². The second-order valence-corrected chi connectivity index (χ2v) is 15.5. The molecule has 318 valence electrons. The van der Waals surface area contributed by atoms with E-state index in [2.05, 4.69) is 43.1 Å². The van der Waals surface area contributed by atoms with Gasteiger partial charge in [-0.1, -0.05) is 30.3 Å². The first kappa shape index (κ1) is 45.2. The Morgan fingerprint density at radius 2 is 1.58 bits per heavy atom. The molecule has 2 fully saturated rings. The second-order valence-electron chi connectivity index (χ2n) is 15.5. The van der Waals surface area contributed by atoms with E-state index in [1.165, 1.54) is 24.3 Å². The minimum absolute atomic E-state index is 0. The van der Waals surface area contributed by atoms with Crippen molar-refractivity contribution in [2.45, 2.75) is 75.8 Å². The fraction of sp³-hybridized carbons (Fsp3) is 0.452. The Hall–Kier alpha value is -4.90. The Kier molecular flexibility index (Phi) is 14.9. The van der Waals surface area contributed by atoms with Crippen molar-refractivity contribution in [3.8, 4) is 22.5 Å². The standard InChI is InChI=1S/C42H50F4N8O4.ClH/c1-25-21-31(38(57)48-33-17-19-54(2)20-18-33)13-16-34(25)28-7-3-26(4-8-28)22-35(50-37(56)30-9-5-27(23-47)6-10-30)39(58)49-32-14-11-29(12-15-32)36-51-40(53-52-36)42(45,46)41(43,44)24-55;/h3-4,7-8,11-16,21,27,30,33,35,55H,5-6,9-10,17-20,22-24,47H2,1-2H3,(H,48,57)(H,49,58)(H,50,56)(H,51,52,53);1H/t27-,30-,35-;/m0./s1. The molecule has 7 N–H and O–H groups in total. The smallest absolute Gasteiger partial charge is 0.372 e. The third kappa shape index (κ3) is 10.8. The highest BCUT2D eigenvalue weighted by atomic mass is 35.5. The molecule has 0 bridgehead atoms. The van der Waals surface area contributed by atoms with Gasteiger partial charge in [-0.15, -0.1) is 12.4 Å². The molecule has 1 aromatic heterocycles. The zero-order chi connectivity index (χ0) is 41.6. The number of anilines is 1. The van der Waals surface area contributed by atoms with E-state index in [4.69, 9.17) is 10.8 Å². The number of rotatable bonds is 14. The second kappa shape index (κ2) is 19.4. The summed E-state index contributed by atoms with van der Waals surface area (Å²) < 4.78 is 55.7. The Balaban J connectivity index is 0.00000661. The summed E-state index contributed by atoms with van der Waals surface area (Å²) in [4.78, 5) is 46.1. The first-order valence-electron chi connectivity index (χ1n) is 19.6. The summed E-state index contributed by atoms with van der Waals surface area (Å²) in [5, 5.41) is 23.1. The van der Waals surface area contributed by atoms with Gasteiger partial charge in [0.25, 0.3) is 5.91 Å². The number of nitrogens with one attached hydrogen (secondary N) is 4. The van der Waals surface area contributed by atoms with Gasteiger partial charge in [-0.25, -0.2) is 4.98 Å². The molecule has 59 heavy (non-hydrogen) atoms. The van der Waals surface area contributed by atoms with Crippen LogP contribution in [0.4, 0.5) is 23.2 Å². The van der Waals surface area contributed by atoms with Crippen molar-refractivity contribution in [1.82, 2.24) is 30.7 Å². The van der Waals surface area contributed by atoms with E-state index in [0.29, 0.717) is 36.6 Å². The molecule has 1 atom stereocenters. The number of nitrogens with zero attached hydrogens (tertiary/aromatic N) is 3. The number of aliphatic hydroxyl groups is 1. The predicted molar refractivity (Wildman–Crippen MR) is 218 cm³/mol. The number of likely N-dealkylation sites (tertiary alicyclic amines) is 1. The van der Waals surface area contributed by atoms with Crippen molar-refractivity contribution in [1.29, 1.82) is 0 Å². The monoisotopic (exact) mass is 842 g/mol. The zero-order valence-electron chi connectivity index (χ0n) is 32.9. The Morgan fingerprint density at radius 3 is 2.19 bits per heavy atom. The summed E-state index contributed by atoms with van der Waals surface area (Å²) in [6.07, 6.45) is 5.01. The van der Waals surface area contributed by atoms with E-state index >= 15 is 0 Å². The molecule has 3 amide bonds. The molecule has 0 radical (unpaired) electrons. The van der Waals surface area contributed by atoms with Crippen molar-refractivity contribution in [3.05, 3.63) is 89.2 Å². The van der Waals surface area contributed by atoms with Gasteiger partial charge in [-0.3, -0.25) is 19.5 Å². The van der Waals surface area contributed by atoms with Crippen molar-refractivity contribution in [2.75, 3.05) is 38.6 Å². The van der Waals surface area contributed by atoms with Gasteiger partial charge in [0.1, 0.15) is 12.6 Å². The van der Waals surface area contributed by atoms with Gasteiger partial charge < -0.3 is 31.7 Å². The van der Waals surface area contributed by atoms with E-state index in [9.17, 15) is 31.9 Å². The lowest BCUT2D eigenvalue weighted by Gasteiger charge is -2.29. The molecule has 6 rings (SSSR count). The highest BCUT2D eigenvalue weighted by Gasteiger charge is 2.60. The Labute approximate surface area is 346 Å². The maximum atomic E-state index is 14.2. The quantitative estimate of drug-likeness (QED) is 0.0858. The maximum Gasteiger partial charge on any atom is 0.372 e. The number of carbonyl (C=O) groups excluding carboxylic acids is 3. The molecule has 12 nitrogen and oxygen atoms in total. The van der Waals surface area contributed by atoms with Gasteiger partial charge in [0, 0.05) is 35.2 Å². The molecular weight excluding hydrogens is 792 g/mol. The molecule has 4 aromatic rings. The van der Waals surface area contributed by atoms with Gasteiger partial charge in [0.05, 0.1) is 0 Å². The first-order valence-corrected chi connectivity index (χ1v) is 19.6. The number of carbonyl (C=O) groups is 3. The van der Waals surface area contributed by atoms with E-state index in [1.807, 2.05) is 49.4 Å². The van der Waals surface area contributed by atoms with E-state index in [1.54, 1.807) is 0 Å². The van der Waals surface area contributed by atoms with Crippen LogP contribution in [-0.2, 0) is 21.9 Å². The highest BCUT2D eigenvalue weighted by Crippen LogP contribution is 2.41. The number of alkyl halides is 4. The van der Waals surface area contributed by atoms with Crippen LogP contribution in [0.5, 0.6) is 0 Å². The van der Waals surface area contributed by atoms with Gasteiger partial charge in [-0.2, -0.15) is 22.7 Å². The van der Waals surface area contributed by atoms with Crippen LogP contribution in [0.1, 0.15) is 65.8 Å². The van der Waals surface area contributed by atoms with Crippen LogP contribution in [0.2, 0.25) is 0 Å². The first-order chi connectivity index (χ1) is 27.7. The van der Waals surface area contributed by atoms with Crippen LogP contribution >= 0.6 is 12.4 Å². The molecule has 0 unspecified atom stereocenters. The minimum atomic E-state index is -4.82. The average molecular weight is 843 g/mol. The van der Waals surface area contributed by atoms with Crippen molar-refractivity contribution in [2.24, 2.45) is 17.6 Å². The molecule has 2 aliphatic rings. The van der Waals surface area contributed by atoms with Gasteiger partial charge >= 0.3 is 11.8 Å². The molecule has 1 saturated heterocycles. The van der Waals surface area contributed by atoms with Crippen LogP contribution in [0.15, 0.2) is 66.7 Å². The van der Waals surface area contributed by atoms with E-state index < -0.39 is 36.2 Å². The van der Waals surface area contributed by atoms with E-state index in [0.717, 1.165) is 61.0 Å². The topological polar surface area (TPSA) is 178 Å². The number of aryl methyl sites for hydroxylation is 1. The zero-order valence-corrected chi connectivity index (χ0v) is 33.8. The summed E-state index contributed by atoms with van der Waals surface area (Å²) >= 11 is 0. The molecular formula is C42H51ClF4N8O4. The van der Waals surface area contributed by atoms with Gasteiger partial charge in [0.2, 0.25) is 17.6 Å². The van der Waals surface area contributed by atoms with Crippen molar-refractivity contribution >= 4 is 35.8 Å². The largest absolute Gasteiger partial charge is 0.390 e. The fourth-order valence-electron chi connectivity index (χ4n) is 7.50. The molecule has 1 aliphatic carbocycles. The van der Waals surface area contributed by atoms with E-state index in [-0.39, 0.29) is 54.0 Å². The Bertz CT molecular complexity index is 2050. The van der Waals surface area contributed by atoms with Gasteiger partial charge in [-0.05, 0) is 137 Å². The molecule has 17 heteroatoms.